The summed E-state index contributed by atoms with van der Waals surface area (Å²) in [5.74, 6) is -0.0489. The molecule has 1 aliphatic rings. The number of ketones is 1. The van der Waals surface area contributed by atoms with Crippen molar-refractivity contribution in [3.63, 3.8) is 0 Å². The standard InChI is InChI=1S/C17H20BrNO2/c1-11-14(17(2,3)9-8-15(11)20)10-16(21)19-13-6-4-12(18)5-7-13/h4-9,11,14H,10H2,1-3H3,(H,19,21)/t11-,14+/m1/s1. The van der Waals surface area contributed by atoms with Crippen LogP contribution in [0.15, 0.2) is 40.9 Å². The second-order valence-corrected chi connectivity index (χ2v) is 7.13. The molecule has 4 heteroatoms. The number of carbonyl (C=O) groups excluding carboxylic acids is 2. The van der Waals surface area contributed by atoms with E-state index in [-0.39, 0.29) is 28.9 Å². The average molecular weight is 350 g/mol. The van der Waals surface area contributed by atoms with Gasteiger partial charge >= 0.3 is 0 Å². The molecule has 0 unspecified atom stereocenters. The number of anilines is 1. The number of allylic oxidation sites excluding steroid dienone is 2. The molecule has 1 aliphatic carbocycles. The van der Waals surface area contributed by atoms with E-state index in [1.807, 2.05) is 37.3 Å². The fourth-order valence-corrected chi connectivity index (χ4v) is 3.06. The van der Waals surface area contributed by atoms with E-state index in [0.29, 0.717) is 6.42 Å². The van der Waals surface area contributed by atoms with Crippen LogP contribution in [0.25, 0.3) is 0 Å². The van der Waals surface area contributed by atoms with Crippen molar-refractivity contribution in [2.45, 2.75) is 27.2 Å². The monoisotopic (exact) mass is 349 g/mol. The molecule has 2 atom stereocenters. The first-order chi connectivity index (χ1) is 9.79. The highest BCUT2D eigenvalue weighted by Gasteiger charge is 2.38. The zero-order valence-electron chi connectivity index (χ0n) is 12.5. The summed E-state index contributed by atoms with van der Waals surface area (Å²) in [7, 11) is 0. The largest absolute Gasteiger partial charge is 0.326 e. The summed E-state index contributed by atoms with van der Waals surface area (Å²) in [6.45, 7) is 6.05. The van der Waals surface area contributed by atoms with Crippen LogP contribution in [0.1, 0.15) is 27.2 Å². The Hall–Kier alpha value is -1.42. The molecule has 0 spiro atoms. The number of amides is 1. The predicted molar refractivity (Wildman–Crippen MR) is 88.0 cm³/mol. The molecule has 1 N–H and O–H groups in total. The molecule has 0 aliphatic heterocycles. The Morgan fingerprint density at radius 3 is 2.52 bits per heavy atom. The number of nitrogens with one attached hydrogen (secondary N) is 1. The van der Waals surface area contributed by atoms with Crippen molar-refractivity contribution in [2.75, 3.05) is 5.32 Å². The first-order valence-corrected chi connectivity index (χ1v) is 7.87. The highest BCUT2D eigenvalue weighted by molar-refractivity contribution is 9.10. The third-order valence-electron chi connectivity index (χ3n) is 4.22. The number of halogens is 1. The van der Waals surface area contributed by atoms with Gasteiger partial charge in [0.2, 0.25) is 5.91 Å². The van der Waals surface area contributed by atoms with Gasteiger partial charge in [0.1, 0.15) is 0 Å². The Balaban J connectivity index is 2.06. The molecule has 112 valence electrons. The fourth-order valence-electron chi connectivity index (χ4n) is 2.80. The molecule has 3 nitrogen and oxygen atoms in total. The third kappa shape index (κ3) is 3.82. The molecule has 0 heterocycles. The van der Waals surface area contributed by atoms with Crippen molar-refractivity contribution in [1.29, 1.82) is 0 Å². The van der Waals surface area contributed by atoms with Crippen LogP contribution in [0, 0.1) is 17.3 Å². The minimum Gasteiger partial charge on any atom is -0.326 e. The molecule has 0 saturated carbocycles. The maximum absolute atomic E-state index is 12.2. The number of hydrogen-bond acceptors (Lipinski definition) is 2. The molecular weight excluding hydrogens is 330 g/mol. The topological polar surface area (TPSA) is 46.2 Å². The minimum absolute atomic E-state index is 0.0189. The Kier molecular flexibility index (Phi) is 4.67. The Morgan fingerprint density at radius 2 is 1.90 bits per heavy atom. The summed E-state index contributed by atoms with van der Waals surface area (Å²) in [6, 6.07) is 7.47. The van der Waals surface area contributed by atoms with Crippen LogP contribution in [-0.4, -0.2) is 11.7 Å². The average Bonchev–Trinajstić information content (AvgIpc) is 2.42. The van der Waals surface area contributed by atoms with Gasteiger partial charge in [-0.15, -0.1) is 0 Å². The highest BCUT2D eigenvalue weighted by Crippen LogP contribution is 2.40. The van der Waals surface area contributed by atoms with E-state index in [1.54, 1.807) is 6.08 Å². The maximum atomic E-state index is 12.2. The number of rotatable bonds is 3. The summed E-state index contributed by atoms with van der Waals surface area (Å²) in [4.78, 5) is 24.1. The smallest absolute Gasteiger partial charge is 0.224 e. The quantitative estimate of drug-likeness (QED) is 0.888. The summed E-state index contributed by atoms with van der Waals surface area (Å²) >= 11 is 3.36. The molecule has 0 bridgehead atoms. The molecule has 21 heavy (non-hydrogen) atoms. The second kappa shape index (κ2) is 6.14. The minimum atomic E-state index is -0.148. The number of benzene rings is 1. The Morgan fingerprint density at radius 1 is 1.29 bits per heavy atom. The maximum Gasteiger partial charge on any atom is 0.224 e. The SMILES string of the molecule is C[C@H]1C(=O)C=CC(C)(C)[C@H]1CC(=O)Nc1ccc(Br)cc1. The van der Waals surface area contributed by atoms with Gasteiger partial charge in [-0.1, -0.05) is 42.8 Å². The summed E-state index contributed by atoms with van der Waals surface area (Å²) in [5.41, 5.74) is 0.621. The van der Waals surface area contributed by atoms with E-state index in [0.717, 1.165) is 10.2 Å². The Labute approximate surface area is 133 Å². The molecule has 1 aromatic carbocycles. The first-order valence-electron chi connectivity index (χ1n) is 7.08. The Bertz CT molecular complexity index is 575. The predicted octanol–water partition coefficient (Wildman–Crippen LogP) is 4.20. The van der Waals surface area contributed by atoms with Crippen LogP contribution in [0.3, 0.4) is 0 Å². The van der Waals surface area contributed by atoms with Crippen LogP contribution in [-0.2, 0) is 9.59 Å². The van der Waals surface area contributed by atoms with Gasteiger partial charge in [0, 0.05) is 22.5 Å². The van der Waals surface area contributed by atoms with Gasteiger partial charge in [-0.05, 0) is 41.7 Å². The van der Waals surface area contributed by atoms with Crippen molar-refractivity contribution in [3.8, 4) is 0 Å². The van der Waals surface area contributed by atoms with Crippen molar-refractivity contribution in [2.24, 2.45) is 17.3 Å². The first kappa shape index (κ1) is 16.0. The van der Waals surface area contributed by atoms with Gasteiger partial charge in [-0.3, -0.25) is 9.59 Å². The fraction of sp³-hybridized carbons (Fsp3) is 0.412. The molecule has 0 radical (unpaired) electrons. The lowest BCUT2D eigenvalue weighted by Crippen LogP contribution is -2.37. The molecule has 2 rings (SSSR count). The molecule has 0 aromatic heterocycles. The molecule has 1 aromatic rings. The van der Waals surface area contributed by atoms with E-state index in [1.165, 1.54) is 0 Å². The molecule has 0 saturated heterocycles. The number of hydrogen-bond donors (Lipinski definition) is 1. The van der Waals surface area contributed by atoms with E-state index in [2.05, 4.69) is 35.1 Å². The van der Waals surface area contributed by atoms with Crippen LogP contribution >= 0.6 is 15.9 Å². The zero-order valence-corrected chi connectivity index (χ0v) is 14.1. The van der Waals surface area contributed by atoms with E-state index >= 15 is 0 Å². The van der Waals surface area contributed by atoms with E-state index < -0.39 is 0 Å². The van der Waals surface area contributed by atoms with E-state index in [4.69, 9.17) is 0 Å². The zero-order chi connectivity index (χ0) is 15.6. The van der Waals surface area contributed by atoms with Crippen molar-refractivity contribution in [1.82, 2.24) is 0 Å². The lowest BCUT2D eigenvalue weighted by atomic mass is 9.66. The van der Waals surface area contributed by atoms with Crippen molar-refractivity contribution in [3.05, 3.63) is 40.9 Å². The second-order valence-electron chi connectivity index (χ2n) is 6.21. The van der Waals surface area contributed by atoms with Gasteiger partial charge in [0.05, 0.1) is 0 Å². The van der Waals surface area contributed by atoms with Gasteiger partial charge in [0.25, 0.3) is 0 Å². The third-order valence-corrected chi connectivity index (χ3v) is 4.75. The van der Waals surface area contributed by atoms with Gasteiger partial charge in [-0.25, -0.2) is 0 Å². The summed E-state index contributed by atoms with van der Waals surface area (Å²) < 4.78 is 0.971. The highest BCUT2D eigenvalue weighted by atomic mass is 79.9. The molecule has 0 fully saturated rings. The van der Waals surface area contributed by atoms with Gasteiger partial charge < -0.3 is 5.32 Å². The van der Waals surface area contributed by atoms with Gasteiger partial charge in [0.15, 0.2) is 5.78 Å². The van der Waals surface area contributed by atoms with Crippen LogP contribution < -0.4 is 5.32 Å². The lowest BCUT2D eigenvalue weighted by molar-refractivity contribution is -0.123. The van der Waals surface area contributed by atoms with Crippen LogP contribution in [0.2, 0.25) is 0 Å². The van der Waals surface area contributed by atoms with Crippen LogP contribution in [0.4, 0.5) is 5.69 Å². The summed E-state index contributed by atoms with van der Waals surface area (Å²) in [6.07, 6.45) is 3.92. The lowest BCUT2D eigenvalue weighted by Gasteiger charge is -2.37. The van der Waals surface area contributed by atoms with E-state index in [9.17, 15) is 9.59 Å². The van der Waals surface area contributed by atoms with Gasteiger partial charge in [-0.2, -0.15) is 0 Å². The summed E-state index contributed by atoms with van der Waals surface area (Å²) in [5, 5.41) is 2.89. The van der Waals surface area contributed by atoms with Crippen molar-refractivity contribution >= 4 is 33.3 Å². The van der Waals surface area contributed by atoms with Crippen molar-refractivity contribution < 1.29 is 9.59 Å². The van der Waals surface area contributed by atoms with Crippen LogP contribution in [0.5, 0.6) is 0 Å². The molecular formula is C17H20BrNO2. The number of carbonyl (C=O) groups is 2. The normalized spacial score (nSPS) is 23.9. The molecule has 1 amide bonds.